The molecule has 3 N–H and O–H groups in total. The van der Waals surface area contributed by atoms with Gasteiger partial charge in [0.05, 0.1) is 4.34 Å². The predicted molar refractivity (Wildman–Crippen MR) is 68.7 cm³/mol. The van der Waals surface area contributed by atoms with Crippen molar-refractivity contribution in [2.75, 3.05) is 19.6 Å². The monoisotopic (exact) mass is 246 g/mol. The van der Waals surface area contributed by atoms with Crippen LogP contribution in [0.1, 0.15) is 18.2 Å². The summed E-state index contributed by atoms with van der Waals surface area (Å²) in [6, 6.07) is 4.05. The summed E-state index contributed by atoms with van der Waals surface area (Å²) < 4.78 is 0.874. The van der Waals surface area contributed by atoms with E-state index in [0.29, 0.717) is 5.92 Å². The molecule has 0 saturated carbocycles. The highest BCUT2D eigenvalue weighted by molar-refractivity contribution is 7.16. The van der Waals surface area contributed by atoms with Gasteiger partial charge in [0.1, 0.15) is 0 Å². The van der Waals surface area contributed by atoms with E-state index in [1.807, 2.05) is 6.07 Å². The molecule has 0 saturated heterocycles. The lowest BCUT2D eigenvalue weighted by Crippen LogP contribution is -2.29. The van der Waals surface area contributed by atoms with E-state index in [4.69, 9.17) is 17.3 Å². The molecule has 0 amide bonds. The maximum absolute atomic E-state index is 5.85. The van der Waals surface area contributed by atoms with Gasteiger partial charge in [0, 0.05) is 4.88 Å². The Hall–Kier alpha value is -0.0900. The molecule has 1 heterocycles. The molecule has 0 aliphatic heterocycles. The molecule has 1 atom stereocenters. The van der Waals surface area contributed by atoms with Crippen LogP contribution in [0.15, 0.2) is 12.1 Å². The van der Waals surface area contributed by atoms with Crippen LogP contribution in [0, 0.1) is 5.92 Å². The highest BCUT2D eigenvalue weighted by atomic mass is 35.5. The minimum Gasteiger partial charge on any atom is -0.330 e. The summed E-state index contributed by atoms with van der Waals surface area (Å²) in [5.74, 6) is 0.608. The summed E-state index contributed by atoms with van der Waals surface area (Å²) in [4.78, 5) is 1.34. The first-order valence-corrected chi connectivity index (χ1v) is 6.60. The van der Waals surface area contributed by atoms with Gasteiger partial charge in [-0.1, -0.05) is 24.9 Å². The van der Waals surface area contributed by atoms with Gasteiger partial charge < -0.3 is 11.1 Å². The molecule has 0 radical (unpaired) electrons. The Bertz CT molecular complexity index is 271. The molecule has 0 bridgehead atoms. The second-order valence-electron chi connectivity index (χ2n) is 3.67. The number of halogens is 1. The summed E-state index contributed by atoms with van der Waals surface area (Å²) in [6.07, 6.45) is 2.20. The molecule has 15 heavy (non-hydrogen) atoms. The van der Waals surface area contributed by atoms with Crippen molar-refractivity contribution in [2.45, 2.75) is 19.8 Å². The molecule has 1 aromatic heterocycles. The molecular weight excluding hydrogens is 228 g/mol. The van der Waals surface area contributed by atoms with Gasteiger partial charge in [0.25, 0.3) is 0 Å². The highest BCUT2D eigenvalue weighted by Gasteiger charge is 2.02. The third-order valence-corrected chi connectivity index (χ3v) is 3.81. The van der Waals surface area contributed by atoms with E-state index >= 15 is 0 Å². The van der Waals surface area contributed by atoms with E-state index < -0.39 is 0 Å². The maximum Gasteiger partial charge on any atom is 0.0931 e. The summed E-state index contributed by atoms with van der Waals surface area (Å²) in [5.41, 5.74) is 5.62. The van der Waals surface area contributed by atoms with Crippen molar-refractivity contribution in [1.29, 1.82) is 0 Å². The molecule has 0 aliphatic carbocycles. The van der Waals surface area contributed by atoms with Crippen LogP contribution in [0.25, 0.3) is 0 Å². The quantitative estimate of drug-likeness (QED) is 0.726. The number of nitrogens with one attached hydrogen (secondary N) is 1. The van der Waals surface area contributed by atoms with E-state index in [-0.39, 0.29) is 0 Å². The minimum absolute atomic E-state index is 0.608. The van der Waals surface area contributed by atoms with Crippen molar-refractivity contribution < 1.29 is 0 Å². The number of hydrogen-bond donors (Lipinski definition) is 2. The first-order valence-electron chi connectivity index (χ1n) is 5.41. The minimum atomic E-state index is 0.608. The normalized spacial score (nSPS) is 13.0. The van der Waals surface area contributed by atoms with Crippen LogP contribution in [0.4, 0.5) is 0 Å². The number of nitrogens with two attached hydrogens (primary N) is 1. The molecule has 4 heteroatoms. The number of rotatable bonds is 7. The van der Waals surface area contributed by atoms with E-state index in [0.717, 1.165) is 36.8 Å². The van der Waals surface area contributed by atoms with Gasteiger partial charge in [-0.2, -0.15) is 0 Å². The largest absolute Gasteiger partial charge is 0.330 e. The van der Waals surface area contributed by atoms with E-state index in [1.54, 1.807) is 11.3 Å². The second-order valence-corrected chi connectivity index (χ2v) is 5.47. The molecule has 0 aliphatic rings. The molecule has 0 spiro atoms. The van der Waals surface area contributed by atoms with Crippen LogP contribution in [0.3, 0.4) is 0 Å². The third-order valence-electron chi connectivity index (χ3n) is 2.52. The summed E-state index contributed by atoms with van der Waals surface area (Å²) >= 11 is 7.51. The Morgan fingerprint density at radius 3 is 2.87 bits per heavy atom. The van der Waals surface area contributed by atoms with Crippen LogP contribution >= 0.6 is 22.9 Å². The van der Waals surface area contributed by atoms with E-state index in [9.17, 15) is 0 Å². The van der Waals surface area contributed by atoms with Crippen LogP contribution in [0.2, 0.25) is 4.34 Å². The van der Waals surface area contributed by atoms with Crippen molar-refractivity contribution in [2.24, 2.45) is 11.7 Å². The van der Waals surface area contributed by atoms with Crippen LogP contribution < -0.4 is 11.1 Å². The zero-order valence-electron chi connectivity index (χ0n) is 9.13. The summed E-state index contributed by atoms with van der Waals surface area (Å²) in [7, 11) is 0. The number of hydrogen-bond acceptors (Lipinski definition) is 3. The Kier molecular flexibility index (Phi) is 6.25. The van der Waals surface area contributed by atoms with Crippen molar-refractivity contribution in [3.8, 4) is 0 Å². The van der Waals surface area contributed by atoms with Crippen molar-refractivity contribution in [3.05, 3.63) is 21.3 Å². The average molecular weight is 247 g/mol. The van der Waals surface area contributed by atoms with Gasteiger partial charge >= 0.3 is 0 Å². The summed E-state index contributed by atoms with van der Waals surface area (Å²) in [5, 5.41) is 3.43. The van der Waals surface area contributed by atoms with E-state index in [2.05, 4.69) is 18.3 Å². The molecule has 1 aromatic rings. The lowest BCUT2D eigenvalue weighted by Gasteiger charge is -2.12. The van der Waals surface area contributed by atoms with E-state index in [1.165, 1.54) is 4.88 Å². The summed E-state index contributed by atoms with van der Waals surface area (Å²) in [6.45, 7) is 4.98. The Morgan fingerprint density at radius 1 is 1.53 bits per heavy atom. The second kappa shape index (κ2) is 7.23. The first-order chi connectivity index (χ1) is 7.26. The SMILES string of the molecule is CCC(CN)CNCCc1ccc(Cl)s1. The molecule has 1 unspecified atom stereocenters. The lowest BCUT2D eigenvalue weighted by molar-refractivity contribution is 0.474. The van der Waals surface area contributed by atoms with Gasteiger partial charge in [-0.15, -0.1) is 11.3 Å². The van der Waals surface area contributed by atoms with Gasteiger partial charge in [0.2, 0.25) is 0 Å². The topological polar surface area (TPSA) is 38.0 Å². The smallest absolute Gasteiger partial charge is 0.0931 e. The van der Waals surface area contributed by atoms with Crippen molar-refractivity contribution >= 4 is 22.9 Å². The predicted octanol–water partition coefficient (Wildman–Crippen LogP) is 2.52. The van der Waals surface area contributed by atoms with Crippen LogP contribution in [0.5, 0.6) is 0 Å². The van der Waals surface area contributed by atoms with Gasteiger partial charge in [-0.25, -0.2) is 0 Å². The molecular formula is C11H19ClN2S. The van der Waals surface area contributed by atoms with Gasteiger partial charge in [-0.3, -0.25) is 0 Å². The highest BCUT2D eigenvalue weighted by Crippen LogP contribution is 2.21. The fourth-order valence-corrected chi connectivity index (χ4v) is 2.49. The van der Waals surface area contributed by atoms with Gasteiger partial charge in [-0.05, 0) is 44.1 Å². The zero-order chi connectivity index (χ0) is 11.1. The fourth-order valence-electron chi connectivity index (χ4n) is 1.40. The molecule has 1 rings (SSSR count). The first kappa shape index (κ1) is 13.0. The van der Waals surface area contributed by atoms with Crippen molar-refractivity contribution in [3.63, 3.8) is 0 Å². The average Bonchev–Trinajstić information content (AvgIpc) is 2.65. The van der Waals surface area contributed by atoms with Crippen molar-refractivity contribution in [1.82, 2.24) is 5.32 Å². The zero-order valence-corrected chi connectivity index (χ0v) is 10.7. The standard InChI is InChI=1S/C11H19ClN2S/c1-2-9(7-13)8-14-6-5-10-3-4-11(12)15-10/h3-4,9,14H,2,5-8,13H2,1H3. The Morgan fingerprint density at radius 2 is 2.33 bits per heavy atom. The van der Waals surface area contributed by atoms with Crippen LogP contribution in [-0.4, -0.2) is 19.6 Å². The molecule has 86 valence electrons. The third kappa shape index (κ3) is 4.98. The maximum atomic E-state index is 5.85. The number of thiophene rings is 1. The fraction of sp³-hybridized carbons (Fsp3) is 0.636. The Labute approximate surface area is 101 Å². The lowest BCUT2D eigenvalue weighted by atomic mass is 10.1. The molecule has 2 nitrogen and oxygen atoms in total. The van der Waals surface area contributed by atoms with Gasteiger partial charge in [0.15, 0.2) is 0 Å². The molecule has 0 fully saturated rings. The molecule has 0 aromatic carbocycles. The van der Waals surface area contributed by atoms with Crippen LogP contribution in [-0.2, 0) is 6.42 Å². The Balaban J connectivity index is 2.11.